The van der Waals surface area contributed by atoms with Gasteiger partial charge in [-0.05, 0) is 38.5 Å². The predicted molar refractivity (Wildman–Crippen MR) is 93.7 cm³/mol. The monoisotopic (exact) mass is 377 g/mol. The summed E-state index contributed by atoms with van der Waals surface area (Å²) in [5, 5.41) is 0.439. The molecule has 1 rings (SSSR count). The molecule has 1 aromatic rings. The molecular weight excluding hydrogens is 354 g/mol. The fourth-order valence-corrected chi connectivity index (χ4v) is 2.80. The Morgan fingerprint density at radius 3 is 2.54 bits per heavy atom. The Morgan fingerprint density at radius 2 is 2.00 bits per heavy atom. The lowest BCUT2D eigenvalue weighted by molar-refractivity contribution is -0.138. The molecule has 136 valence electrons. The van der Waals surface area contributed by atoms with Gasteiger partial charge in [0.05, 0.1) is 5.75 Å². The Morgan fingerprint density at radius 1 is 1.33 bits per heavy atom. The molecule has 0 bridgehead atoms. The van der Waals surface area contributed by atoms with E-state index < -0.39 is 10.1 Å². The van der Waals surface area contributed by atoms with E-state index in [-0.39, 0.29) is 36.6 Å². The van der Waals surface area contributed by atoms with Crippen LogP contribution in [0.25, 0.3) is 0 Å². The van der Waals surface area contributed by atoms with Crippen LogP contribution in [-0.2, 0) is 26.2 Å². The van der Waals surface area contributed by atoms with Crippen molar-refractivity contribution in [1.29, 1.82) is 0 Å². The molecule has 0 saturated heterocycles. The van der Waals surface area contributed by atoms with E-state index in [4.69, 9.17) is 20.5 Å². The highest BCUT2D eigenvalue weighted by Gasteiger charge is 2.22. The van der Waals surface area contributed by atoms with Gasteiger partial charge in [0.2, 0.25) is 5.91 Å². The molecular formula is C16H24ClNO5S. The molecule has 1 atom stereocenters. The van der Waals surface area contributed by atoms with Crippen LogP contribution in [0.15, 0.2) is 18.2 Å². The van der Waals surface area contributed by atoms with Gasteiger partial charge in [0, 0.05) is 30.3 Å². The van der Waals surface area contributed by atoms with Gasteiger partial charge in [0.25, 0.3) is 0 Å². The maximum Gasteiger partial charge on any atom is 0.308 e. The number of carbonyl (C=O) groups is 1. The molecule has 1 amide bonds. The summed E-state index contributed by atoms with van der Waals surface area (Å²) >= 11 is 6.03. The first kappa shape index (κ1) is 20.7. The van der Waals surface area contributed by atoms with E-state index in [0.717, 1.165) is 6.42 Å². The summed E-state index contributed by atoms with van der Waals surface area (Å²) in [5.41, 5.74) is 0.532. The van der Waals surface area contributed by atoms with Crippen molar-refractivity contribution in [2.75, 3.05) is 19.5 Å². The summed E-state index contributed by atoms with van der Waals surface area (Å²) in [4.78, 5) is 13.9. The Labute approximate surface area is 148 Å². The zero-order chi connectivity index (χ0) is 18.3. The topological polar surface area (TPSA) is 72.9 Å². The van der Waals surface area contributed by atoms with Crippen molar-refractivity contribution in [2.45, 2.75) is 39.8 Å². The molecule has 0 radical (unpaired) electrons. The molecule has 1 unspecified atom stereocenters. The Hall–Kier alpha value is -1.31. The second kappa shape index (κ2) is 9.25. The number of carbonyl (C=O) groups excluding carboxylic acids is 1. The number of rotatable bonds is 9. The average molecular weight is 378 g/mol. The molecule has 1 aromatic carbocycles. The number of hydrogen-bond acceptors (Lipinski definition) is 5. The quantitative estimate of drug-likeness (QED) is 0.619. The third kappa shape index (κ3) is 5.96. The third-order valence-corrected chi connectivity index (χ3v) is 5.02. The Bertz CT molecular complexity index is 662. The lowest BCUT2D eigenvalue weighted by atomic mass is 10.1. The molecule has 24 heavy (non-hydrogen) atoms. The molecule has 8 heteroatoms. The van der Waals surface area contributed by atoms with Gasteiger partial charge in [-0.15, -0.1) is 0 Å². The normalized spacial score (nSPS) is 12.7. The van der Waals surface area contributed by atoms with Crippen molar-refractivity contribution >= 4 is 27.6 Å². The molecule has 0 spiro atoms. The van der Waals surface area contributed by atoms with Crippen LogP contribution in [0, 0.1) is 0 Å². The molecule has 0 saturated carbocycles. The molecule has 0 fully saturated rings. The van der Waals surface area contributed by atoms with Gasteiger partial charge in [-0.25, -0.2) is 0 Å². The van der Waals surface area contributed by atoms with Gasteiger partial charge in [-0.1, -0.05) is 18.5 Å². The van der Waals surface area contributed by atoms with Crippen LogP contribution < -0.4 is 4.18 Å². The fraction of sp³-hybridized carbons (Fsp3) is 0.562. The number of ether oxygens (including phenoxy) is 1. The fourth-order valence-electron chi connectivity index (χ4n) is 2.05. The van der Waals surface area contributed by atoms with Crippen LogP contribution in [0.1, 0.15) is 32.8 Å². The molecule has 6 nitrogen and oxygen atoms in total. The highest BCUT2D eigenvalue weighted by atomic mass is 35.5. The Kier molecular flexibility index (Phi) is 7.99. The number of amides is 1. The number of benzene rings is 1. The molecule has 0 heterocycles. The minimum atomic E-state index is -3.67. The second-order valence-electron chi connectivity index (χ2n) is 5.39. The standard InChI is InChI=1S/C16H24ClNO5S/c1-5-12(3)18(16(19)11-22-4)10-13-9-14(17)7-8-15(13)23-24(20,21)6-2/h7-9,12H,5-6,10-11H2,1-4H3. The van der Waals surface area contributed by atoms with Gasteiger partial charge in [0.1, 0.15) is 12.4 Å². The maximum absolute atomic E-state index is 12.3. The van der Waals surface area contributed by atoms with Crippen molar-refractivity contribution < 1.29 is 22.1 Å². The van der Waals surface area contributed by atoms with Gasteiger partial charge in [-0.3, -0.25) is 4.79 Å². The van der Waals surface area contributed by atoms with E-state index >= 15 is 0 Å². The van der Waals surface area contributed by atoms with E-state index in [9.17, 15) is 13.2 Å². The summed E-state index contributed by atoms with van der Waals surface area (Å²) in [6.07, 6.45) is 0.749. The Balaban J connectivity index is 3.17. The summed E-state index contributed by atoms with van der Waals surface area (Å²) in [6.45, 7) is 5.52. The molecule has 0 aliphatic rings. The average Bonchev–Trinajstić information content (AvgIpc) is 2.54. The zero-order valence-corrected chi connectivity index (χ0v) is 16.0. The molecule has 0 aliphatic heterocycles. The SMILES string of the molecule is CCC(C)N(Cc1cc(Cl)ccc1OS(=O)(=O)CC)C(=O)COC. The van der Waals surface area contributed by atoms with E-state index in [1.54, 1.807) is 17.0 Å². The smallest absolute Gasteiger partial charge is 0.308 e. The highest BCUT2D eigenvalue weighted by Crippen LogP contribution is 2.27. The first-order valence-electron chi connectivity index (χ1n) is 7.73. The van der Waals surface area contributed by atoms with E-state index in [1.807, 2.05) is 13.8 Å². The van der Waals surface area contributed by atoms with Gasteiger partial charge >= 0.3 is 10.1 Å². The zero-order valence-electron chi connectivity index (χ0n) is 14.4. The minimum absolute atomic E-state index is 0.0396. The van der Waals surface area contributed by atoms with Crippen molar-refractivity contribution in [3.63, 3.8) is 0 Å². The van der Waals surface area contributed by atoms with E-state index in [0.29, 0.717) is 10.6 Å². The lowest BCUT2D eigenvalue weighted by Crippen LogP contribution is -2.40. The summed E-state index contributed by atoms with van der Waals surface area (Å²) in [6, 6.07) is 4.62. The summed E-state index contributed by atoms with van der Waals surface area (Å²) in [7, 11) is -2.22. The van der Waals surface area contributed by atoms with Crippen molar-refractivity contribution in [3.8, 4) is 5.75 Å². The first-order valence-corrected chi connectivity index (χ1v) is 9.68. The largest absolute Gasteiger partial charge is 0.382 e. The summed E-state index contributed by atoms with van der Waals surface area (Å²) < 4.78 is 33.6. The number of hydrogen-bond donors (Lipinski definition) is 0. The predicted octanol–water partition coefficient (Wildman–Crippen LogP) is 2.84. The first-order chi connectivity index (χ1) is 11.2. The van der Waals surface area contributed by atoms with Gasteiger partial charge < -0.3 is 13.8 Å². The molecule has 0 N–H and O–H groups in total. The molecule has 0 aliphatic carbocycles. The maximum atomic E-state index is 12.3. The van der Waals surface area contributed by atoms with Crippen LogP contribution in [0.4, 0.5) is 0 Å². The van der Waals surface area contributed by atoms with Crippen LogP contribution in [0.2, 0.25) is 5.02 Å². The second-order valence-corrected chi connectivity index (χ2v) is 7.69. The van der Waals surface area contributed by atoms with Crippen LogP contribution in [0.5, 0.6) is 5.75 Å². The van der Waals surface area contributed by atoms with Gasteiger partial charge in [0.15, 0.2) is 0 Å². The minimum Gasteiger partial charge on any atom is -0.382 e. The number of nitrogens with zero attached hydrogens (tertiary/aromatic N) is 1. The van der Waals surface area contributed by atoms with E-state index in [2.05, 4.69) is 0 Å². The third-order valence-electron chi connectivity index (χ3n) is 3.64. The van der Waals surface area contributed by atoms with Crippen LogP contribution >= 0.6 is 11.6 Å². The molecule has 0 aromatic heterocycles. The van der Waals surface area contributed by atoms with E-state index in [1.165, 1.54) is 20.1 Å². The summed E-state index contributed by atoms with van der Waals surface area (Å²) in [5.74, 6) is -0.150. The van der Waals surface area contributed by atoms with Crippen molar-refractivity contribution in [1.82, 2.24) is 4.90 Å². The van der Waals surface area contributed by atoms with Gasteiger partial charge in [-0.2, -0.15) is 8.42 Å². The van der Waals surface area contributed by atoms with Crippen LogP contribution in [0.3, 0.4) is 0 Å². The van der Waals surface area contributed by atoms with Crippen molar-refractivity contribution in [3.05, 3.63) is 28.8 Å². The number of halogens is 1. The van der Waals surface area contributed by atoms with Crippen molar-refractivity contribution in [2.24, 2.45) is 0 Å². The lowest BCUT2D eigenvalue weighted by Gasteiger charge is -2.29. The van der Waals surface area contributed by atoms with Crippen LogP contribution in [-0.4, -0.2) is 44.7 Å². The number of methoxy groups -OCH3 is 1. The highest BCUT2D eigenvalue weighted by molar-refractivity contribution is 7.87.